The summed E-state index contributed by atoms with van der Waals surface area (Å²) < 4.78 is 16.3. The number of hydrogen-bond acceptors (Lipinski definition) is 12. The summed E-state index contributed by atoms with van der Waals surface area (Å²) in [6.07, 6.45) is 20.4. The van der Waals surface area contributed by atoms with Crippen molar-refractivity contribution in [1.82, 2.24) is 0 Å². The van der Waals surface area contributed by atoms with Gasteiger partial charge < -0.3 is 19.1 Å². The van der Waals surface area contributed by atoms with Crippen molar-refractivity contribution in [2.45, 2.75) is 123 Å². The fourth-order valence-electron chi connectivity index (χ4n) is 6.35. The standard InChI is InChI=1S/C44H62N6O7/c1-5-7-8-9-10-11-12-13-14-15-16-17-18-19-20-21-22-41(51)44(52)57-32-31-49(6-2)37-27-23-35(24-28-37)45-47-39-33-43(56-4)40(34-42(39)55-3)48-46-36-25-29-38(30-26-36)50(53)54/h23-30,33-34H,5-22,31-32H2,1-4H3. The monoisotopic (exact) mass is 786 g/mol. The Labute approximate surface area is 338 Å². The maximum Gasteiger partial charge on any atom is 0.374 e. The number of benzene rings is 3. The van der Waals surface area contributed by atoms with Crippen LogP contribution >= 0.6 is 0 Å². The van der Waals surface area contributed by atoms with Gasteiger partial charge in [0.1, 0.15) is 29.5 Å². The Morgan fingerprint density at radius 2 is 1.07 bits per heavy atom. The molecular formula is C44H62N6O7. The summed E-state index contributed by atoms with van der Waals surface area (Å²) >= 11 is 0. The van der Waals surface area contributed by atoms with Crippen LogP contribution in [0.4, 0.5) is 34.1 Å². The molecule has 0 saturated carbocycles. The van der Waals surface area contributed by atoms with E-state index in [-0.39, 0.29) is 18.7 Å². The summed E-state index contributed by atoms with van der Waals surface area (Å²) in [6, 6.07) is 16.4. The summed E-state index contributed by atoms with van der Waals surface area (Å²) in [5.74, 6) is -0.430. The molecule has 13 heteroatoms. The third-order valence-electron chi connectivity index (χ3n) is 9.76. The highest BCUT2D eigenvalue weighted by atomic mass is 16.6. The first kappa shape index (κ1) is 46.2. The van der Waals surface area contributed by atoms with Gasteiger partial charge in [-0.15, -0.1) is 10.2 Å². The lowest BCUT2D eigenvalue weighted by atomic mass is 10.0. The first-order valence-electron chi connectivity index (χ1n) is 20.7. The average Bonchev–Trinajstić information content (AvgIpc) is 3.23. The van der Waals surface area contributed by atoms with Crippen LogP contribution in [0.5, 0.6) is 11.5 Å². The van der Waals surface area contributed by atoms with Gasteiger partial charge in [0, 0.05) is 42.9 Å². The quantitative estimate of drug-likeness (QED) is 0.0161. The molecule has 0 fully saturated rings. The van der Waals surface area contributed by atoms with E-state index >= 15 is 0 Å². The summed E-state index contributed by atoms with van der Waals surface area (Å²) in [4.78, 5) is 37.2. The number of likely N-dealkylation sites (N-methyl/N-ethyl adjacent to an activating group) is 1. The van der Waals surface area contributed by atoms with Crippen molar-refractivity contribution >= 4 is 45.9 Å². The third kappa shape index (κ3) is 17.6. The van der Waals surface area contributed by atoms with Crippen LogP contribution in [0.1, 0.15) is 123 Å². The second-order valence-electron chi connectivity index (χ2n) is 14.1. The lowest BCUT2D eigenvalue weighted by Crippen LogP contribution is -2.29. The highest BCUT2D eigenvalue weighted by molar-refractivity contribution is 6.33. The Morgan fingerprint density at radius 1 is 0.632 bits per heavy atom. The van der Waals surface area contributed by atoms with Crippen molar-refractivity contribution in [3.63, 3.8) is 0 Å². The molecule has 13 nitrogen and oxygen atoms in total. The topological polar surface area (TPSA) is 158 Å². The zero-order valence-electron chi connectivity index (χ0n) is 34.5. The number of nitro groups is 1. The van der Waals surface area contributed by atoms with Gasteiger partial charge in [-0.3, -0.25) is 14.9 Å². The van der Waals surface area contributed by atoms with Crippen LogP contribution in [0.2, 0.25) is 0 Å². The molecule has 3 rings (SSSR count). The normalized spacial score (nSPS) is 11.3. The van der Waals surface area contributed by atoms with Crippen LogP contribution < -0.4 is 14.4 Å². The van der Waals surface area contributed by atoms with E-state index in [1.807, 2.05) is 36.1 Å². The van der Waals surface area contributed by atoms with E-state index in [0.717, 1.165) is 24.9 Å². The minimum absolute atomic E-state index is 0.0393. The van der Waals surface area contributed by atoms with Gasteiger partial charge >= 0.3 is 5.97 Å². The molecule has 0 spiro atoms. The number of nitrogens with zero attached hydrogens (tertiary/aromatic N) is 6. The number of azo groups is 2. The SMILES string of the molecule is CCCCCCCCCCCCCCCCCCC(=O)C(=O)OCCN(CC)c1ccc(N=Nc2cc(OC)c(N=Nc3ccc([N+](=O)[O-])cc3)cc2OC)cc1. The van der Waals surface area contributed by atoms with Crippen LogP contribution in [0.25, 0.3) is 0 Å². The van der Waals surface area contributed by atoms with Gasteiger partial charge in [0.05, 0.1) is 37.1 Å². The summed E-state index contributed by atoms with van der Waals surface area (Å²) in [5.41, 5.74) is 2.69. The molecule has 0 N–H and O–H groups in total. The number of ether oxygens (including phenoxy) is 3. The molecule has 0 bridgehead atoms. The van der Waals surface area contributed by atoms with Gasteiger partial charge in [0.2, 0.25) is 5.78 Å². The van der Waals surface area contributed by atoms with E-state index in [4.69, 9.17) is 14.2 Å². The number of Topliss-reactive ketones (excluding diaryl/α,β-unsaturated/α-hetero) is 1. The number of unbranched alkanes of at least 4 members (excludes halogenated alkanes) is 15. The van der Waals surface area contributed by atoms with Gasteiger partial charge in [-0.1, -0.05) is 103 Å². The smallest absolute Gasteiger partial charge is 0.374 e. The minimum Gasteiger partial charge on any atom is -0.494 e. The first-order valence-corrected chi connectivity index (χ1v) is 20.7. The van der Waals surface area contributed by atoms with Gasteiger partial charge in [-0.05, 0) is 49.7 Å². The number of carbonyl (C=O) groups excluding carboxylic acids is 2. The predicted octanol–water partition coefficient (Wildman–Crippen LogP) is 13.0. The lowest BCUT2D eigenvalue weighted by Gasteiger charge is -2.22. The number of hydrogen-bond donors (Lipinski definition) is 0. The van der Waals surface area contributed by atoms with Crippen molar-refractivity contribution in [3.05, 3.63) is 70.8 Å². The van der Waals surface area contributed by atoms with E-state index < -0.39 is 16.7 Å². The molecule has 0 amide bonds. The summed E-state index contributed by atoms with van der Waals surface area (Å²) in [6.45, 7) is 5.51. The van der Waals surface area contributed by atoms with Crippen molar-refractivity contribution in [2.24, 2.45) is 20.5 Å². The molecule has 0 heterocycles. The molecular weight excluding hydrogens is 725 g/mol. The maximum atomic E-state index is 12.4. The van der Waals surface area contributed by atoms with Crippen LogP contribution in [0.3, 0.4) is 0 Å². The Hall–Kier alpha value is -5.20. The molecule has 0 radical (unpaired) electrons. The molecule has 0 saturated heterocycles. The highest BCUT2D eigenvalue weighted by Crippen LogP contribution is 2.41. The van der Waals surface area contributed by atoms with Crippen molar-refractivity contribution in [2.75, 3.05) is 38.8 Å². The summed E-state index contributed by atoms with van der Waals surface area (Å²) in [5, 5.41) is 28.0. The third-order valence-corrected chi connectivity index (χ3v) is 9.76. The molecule has 3 aromatic carbocycles. The van der Waals surface area contributed by atoms with Crippen LogP contribution in [-0.2, 0) is 14.3 Å². The van der Waals surface area contributed by atoms with E-state index in [9.17, 15) is 19.7 Å². The van der Waals surface area contributed by atoms with Gasteiger partial charge in [-0.25, -0.2) is 4.79 Å². The van der Waals surface area contributed by atoms with Crippen LogP contribution in [0, 0.1) is 10.1 Å². The first-order chi connectivity index (χ1) is 27.8. The molecule has 57 heavy (non-hydrogen) atoms. The van der Waals surface area contributed by atoms with Gasteiger partial charge in [-0.2, -0.15) is 10.2 Å². The number of methoxy groups -OCH3 is 2. The van der Waals surface area contributed by atoms with Crippen molar-refractivity contribution in [3.8, 4) is 11.5 Å². The fraction of sp³-hybridized carbons (Fsp3) is 0.545. The maximum absolute atomic E-state index is 12.4. The number of ketones is 1. The second-order valence-corrected chi connectivity index (χ2v) is 14.1. The van der Waals surface area contributed by atoms with E-state index in [0.29, 0.717) is 47.3 Å². The molecule has 310 valence electrons. The number of esters is 1. The zero-order valence-corrected chi connectivity index (χ0v) is 34.5. The number of carbonyl (C=O) groups is 2. The molecule has 0 aromatic heterocycles. The largest absolute Gasteiger partial charge is 0.494 e. The highest BCUT2D eigenvalue weighted by Gasteiger charge is 2.16. The Kier molecular flexibility index (Phi) is 22.2. The molecule has 0 atom stereocenters. The minimum atomic E-state index is -0.754. The van der Waals surface area contributed by atoms with Crippen molar-refractivity contribution < 1.29 is 28.7 Å². The molecule has 3 aromatic rings. The number of nitro benzene ring substituents is 1. The average molecular weight is 787 g/mol. The van der Waals surface area contributed by atoms with E-state index in [2.05, 4.69) is 27.4 Å². The van der Waals surface area contributed by atoms with Gasteiger partial charge in [0.25, 0.3) is 5.69 Å². The number of rotatable bonds is 30. The van der Waals surface area contributed by atoms with E-state index in [1.165, 1.54) is 122 Å². The molecule has 0 aliphatic carbocycles. The van der Waals surface area contributed by atoms with Crippen LogP contribution in [0.15, 0.2) is 81.1 Å². The zero-order chi connectivity index (χ0) is 41.1. The number of anilines is 1. The van der Waals surface area contributed by atoms with Crippen molar-refractivity contribution in [1.29, 1.82) is 0 Å². The predicted molar refractivity (Wildman–Crippen MR) is 225 cm³/mol. The van der Waals surface area contributed by atoms with Crippen LogP contribution in [-0.4, -0.2) is 50.6 Å². The Balaban J connectivity index is 1.35. The lowest BCUT2D eigenvalue weighted by molar-refractivity contribution is -0.384. The molecule has 0 unspecified atom stereocenters. The molecule has 0 aliphatic rings. The summed E-state index contributed by atoms with van der Waals surface area (Å²) in [7, 11) is 2.99. The molecule has 0 aliphatic heterocycles. The number of non-ortho nitro benzene ring substituents is 1. The van der Waals surface area contributed by atoms with Gasteiger partial charge in [0.15, 0.2) is 0 Å². The van der Waals surface area contributed by atoms with E-state index in [1.54, 1.807) is 12.1 Å². The fourth-order valence-corrected chi connectivity index (χ4v) is 6.35. The Bertz CT molecular complexity index is 1700. The second kappa shape index (κ2) is 27.4. The Morgan fingerprint density at radius 3 is 1.49 bits per heavy atom.